The minimum absolute atomic E-state index is 0.000278. The van der Waals surface area contributed by atoms with Gasteiger partial charge in [-0.3, -0.25) is 10.1 Å². The number of rotatable bonds is 4. The highest BCUT2D eigenvalue weighted by molar-refractivity contribution is 7.99. The molecule has 0 radical (unpaired) electrons. The van der Waals surface area contributed by atoms with Gasteiger partial charge in [0, 0.05) is 10.5 Å². The van der Waals surface area contributed by atoms with Gasteiger partial charge < -0.3 is 5.11 Å². The molecule has 21 heavy (non-hydrogen) atoms. The number of aryl methyl sites for hydroxylation is 1. The fourth-order valence-electron chi connectivity index (χ4n) is 1.62. The number of hydrogen-bond acceptors (Lipinski definition) is 5. The van der Waals surface area contributed by atoms with Gasteiger partial charge in [-0.1, -0.05) is 23.4 Å². The maximum atomic E-state index is 11.0. The molecule has 0 spiro atoms. The summed E-state index contributed by atoms with van der Waals surface area (Å²) in [4.78, 5) is 25.9. The summed E-state index contributed by atoms with van der Waals surface area (Å²) < 4.78 is 0. The number of halogens is 1. The smallest absolute Gasteiger partial charge is 0.337 e. The van der Waals surface area contributed by atoms with Crippen molar-refractivity contribution < 1.29 is 14.8 Å². The molecule has 1 heterocycles. The molecular weight excluding hydrogens is 316 g/mol. The maximum absolute atomic E-state index is 11.0. The Bertz CT molecular complexity index is 736. The van der Waals surface area contributed by atoms with E-state index in [1.807, 2.05) is 0 Å². The lowest BCUT2D eigenvalue weighted by Gasteiger charge is -2.05. The molecule has 6 nitrogen and oxygen atoms in total. The number of carboxylic acids is 1. The maximum Gasteiger partial charge on any atom is 0.337 e. The number of aromatic carboxylic acids is 1. The van der Waals surface area contributed by atoms with E-state index in [0.717, 1.165) is 0 Å². The summed E-state index contributed by atoms with van der Waals surface area (Å²) in [5.41, 5.74) is 0.437. The molecule has 8 heteroatoms. The van der Waals surface area contributed by atoms with Crippen molar-refractivity contribution in [2.45, 2.75) is 16.8 Å². The zero-order chi connectivity index (χ0) is 15.6. The van der Waals surface area contributed by atoms with Gasteiger partial charge in [-0.2, -0.15) is 0 Å². The quantitative estimate of drug-likeness (QED) is 0.679. The molecule has 1 aromatic carbocycles. The number of carboxylic acid groups (broad SMARTS) is 1. The molecule has 0 saturated heterocycles. The van der Waals surface area contributed by atoms with Gasteiger partial charge in [0.2, 0.25) is 0 Å². The minimum Gasteiger partial charge on any atom is -0.478 e. The lowest BCUT2D eigenvalue weighted by Crippen LogP contribution is -1.97. The Balaban J connectivity index is 2.30. The zero-order valence-corrected chi connectivity index (χ0v) is 12.3. The first kappa shape index (κ1) is 15.3. The molecule has 0 unspecified atom stereocenters. The lowest BCUT2D eigenvalue weighted by molar-refractivity contribution is -0.385. The summed E-state index contributed by atoms with van der Waals surface area (Å²) in [6, 6.07) is 6.18. The van der Waals surface area contributed by atoms with Gasteiger partial charge in [0.05, 0.1) is 15.5 Å². The highest BCUT2D eigenvalue weighted by atomic mass is 35.5. The third-order valence-electron chi connectivity index (χ3n) is 2.65. The third kappa shape index (κ3) is 3.50. The fraction of sp³-hybridized carbons (Fsp3) is 0.0769. The van der Waals surface area contributed by atoms with Gasteiger partial charge in [0.25, 0.3) is 5.69 Å². The minimum atomic E-state index is -1.12. The summed E-state index contributed by atoms with van der Waals surface area (Å²) in [5, 5.41) is 20.4. The number of hydrogen-bond donors (Lipinski definition) is 1. The van der Waals surface area contributed by atoms with E-state index in [2.05, 4.69) is 4.98 Å². The van der Waals surface area contributed by atoms with Crippen LogP contribution in [0.25, 0.3) is 0 Å². The average Bonchev–Trinajstić information content (AvgIpc) is 2.40. The van der Waals surface area contributed by atoms with Crippen LogP contribution in [0.15, 0.2) is 40.4 Å². The molecule has 2 aromatic rings. The number of nitrogens with zero attached hydrogens (tertiary/aromatic N) is 2. The van der Waals surface area contributed by atoms with Gasteiger partial charge >= 0.3 is 5.97 Å². The summed E-state index contributed by atoms with van der Waals surface area (Å²) in [6.45, 7) is 1.62. The highest BCUT2D eigenvalue weighted by Gasteiger charge is 2.14. The van der Waals surface area contributed by atoms with Crippen LogP contribution >= 0.6 is 23.4 Å². The van der Waals surface area contributed by atoms with Crippen molar-refractivity contribution in [2.75, 3.05) is 0 Å². The summed E-state index contributed by atoms with van der Waals surface area (Å²) in [6.07, 6.45) is 1.19. The van der Waals surface area contributed by atoms with Gasteiger partial charge in [0.1, 0.15) is 11.2 Å². The average molecular weight is 325 g/mol. The van der Waals surface area contributed by atoms with E-state index in [1.54, 1.807) is 19.1 Å². The van der Waals surface area contributed by atoms with Crippen molar-refractivity contribution in [1.29, 1.82) is 0 Å². The number of carbonyl (C=O) groups is 1. The van der Waals surface area contributed by atoms with Crippen molar-refractivity contribution >= 4 is 35.0 Å². The first-order valence-electron chi connectivity index (χ1n) is 5.70. The molecule has 0 saturated carbocycles. The second-order valence-corrected chi connectivity index (χ2v) is 5.62. The van der Waals surface area contributed by atoms with Crippen molar-refractivity contribution in [3.63, 3.8) is 0 Å². The first-order chi connectivity index (χ1) is 9.88. The monoisotopic (exact) mass is 324 g/mol. The standard InChI is InChI=1S/C13H9ClN2O4S/c1-7-4-12(15-6-11(7)16(19)20)21-8-2-3-10(14)9(5-8)13(17)18/h2-6H,1H3,(H,17,18). The summed E-state index contributed by atoms with van der Waals surface area (Å²) in [7, 11) is 0. The van der Waals surface area contributed by atoms with Crippen LogP contribution in [0.1, 0.15) is 15.9 Å². The van der Waals surface area contributed by atoms with Crippen LogP contribution in [0.4, 0.5) is 5.69 Å². The molecule has 0 aliphatic heterocycles. The van der Waals surface area contributed by atoms with E-state index in [4.69, 9.17) is 16.7 Å². The molecule has 0 fully saturated rings. The third-order valence-corrected chi connectivity index (χ3v) is 3.90. The molecule has 1 N–H and O–H groups in total. The molecular formula is C13H9ClN2O4S. The number of nitro groups is 1. The highest BCUT2D eigenvalue weighted by Crippen LogP contribution is 2.31. The van der Waals surface area contributed by atoms with Crippen molar-refractivity contribution in [3.05, 3.63) is 56.7 Å². The van der Waals surface area contributed by atoms with Gasteiger partial charge in [-0.25, -0.2) is 9.78 Å². The van der Waals surface area contributed by atoms with E-state index in [-0.39, 0.29) is 16.3 Å². The van der Waals surface area contributed by atoms with E-state index in [1.165, 1.54) is 30.1 Å². The Kier molecular flexibility index (Phi) is 4.44. The van der Waals surface area contributed by atoms with Gasteiger partial charge in [-0.15, -0.1) is 0 Å². The van der Waals surface area contributed by atoms with Gasteiger partial charge in [-0.05, 0) is 31.2 Å². The Morgan fingerprint density at radius 3 is 2.71 bits per heavy atom. The molecule has 2 rings (SSSR count). The summed E-state index contributed by atoms with van der Waals surface area (Å²) >= 11 is 7.00. The number of aromatic nitrogens is 1. The second-order valence-electron chi connectivity index (χ2n) is 4.12. The predicted molar refractivity (Wildman–Crippen MR) is 78.2 cm³/mol. The lowest BCUT2D eigenvalue weighted by atomic mass is 10.2. The van der Waals surface area contributed by atoms with Crippen LogP contribution in [-0.2, 0) is 0 Å². The molecule has 0 aliphatic rings. The molecule has 0 amide bonds. The topological polar surface area (TPSA) is 93.3 Å². The Labute approximate surface area is 128 Å². The Morgan fingerprint density at radius 2 is 2.14 bits per heavy atom. The van der Waals surface area contributed by atoms with Gasteiger partial charge in [0.15, 0.2) is 0 Å². The molecule has 0 atom stereocenters. The molecule has 108 valence electrons. The molecule has 0 aliphatic carbocycles. The van der Waals surface area contributed by atoms with Crippen LogP contribution in [0.5, 0.6) is 0 Å². The largest absolute Gasteiger partial charge is 0.478 e. The van der Waals surface area contributed by atoms with E-state index >= 15 is 0 Å². The van der Waals surface area contributed by atoms with Crippen molar-refractivity contribution in [3.8, 4) is 0 Å². The Morgan fingerprint density at radius 1 is 1.43 bits per heavy atom. The van der Waals surface area contributed by atoms with Crippen LogP contribution in [0.2, 0.25) is 5.02 Å². The van der Waals surface area contributed by atoms with Crippen LogP contribution < -0.4 is 0 Å². The van der Waals surface area contributed by atoms with Crippen LogP contribution in [0.3, 0.4) is 0 Å². The van der Waals surface area contributed by atoms with Crippen molar-refractivity contribution in [1.82, 2.24) is 4.98 Å². The molecule has 0 bridgehead atoms. The zero-order valence-electron chi connectivity index (χ0n) is 10.7. The SMILES string of the molecule is Cc1cc(Sc2ccc(Cl)c(C(=O)O)c2)ncc1[N+](=O)[O-]. The van der Waals surface area contributed by atoms with Crippen LogP contribution in [0, 0.1) is 17.0 Å². The van der Waals surface area contributed by atoms with E-state index in [9.17, 15) is 14.9 Å². The first-order valence-corrected chi connectivity index (χ1v) is 6.89. The number of pyridine rings is 1. The fourth-order valence-corrected chi connectivity index (χ4v) is 2.72. The number of benzene rings is 1. The van der Waals surface area contributed by atoms with Crippen molar-refractivity contribution in [2.24, 2.45) is 0 Å². The summed E-state index contributed by atoms with van der Waals surface area (Å²) in [5.74, 6) is -1.12. The molecule has 1 aromatic heterocycles. The second kappa shape index (κ2) is 6.11. The normalized spacial score (nSPS) is 10.4. The van der Waals surface area contributed by atoms with Crippen LogP contribution in [-0.4, -0.2) is 21.0 Å². The Hall–Kier alpha value is -2.12. The van der Waals surface area contributed by atoms with E-state index in [0.29, 0.717) is 15.5 Å². The predicted octanol–water partition coefficient (Wildman–Crippen LogP) is 3.80. The van der Waals surface area contributed by atoms with E-state index < -0.39 is 10.9 Å².